The van der Waals surface area contributed by atoms with Gasteiger partial charge in [-0.2, -0.15) is 11.8 Å². The summed E-state index contributed by atoms with van der Waals surface area (Å²) in [5, 5.41) is 0. The number of rotatable bonds is 5. The van der Waals surface area contributed by atoms with Crippen molar-refractivity contribution in [2.24, 2.45) is 0 Å². The molecular weight excluding hydrogens is 211 g/mol. The first-order valence-corrected chi connectivity index (χ1v) is 6.13. The van der Waals surface area contributed by atoms with Crippen molar-refractivity contribution in [1.82, 2.24) is 0 Å². The van der Waals surface area contributed by atoms with Crippen molar-refractivity contribution in [2.75, 3.05) is 11.5 Å². The summed E-state index contributed by atoms with van der Waals surface area (Å²) in [4.78, 5) is 11.5. The molecule has 0 aliphatic heterocycles. The predicted octanol–water partition coefficient (Wildman–Crippen LogP) is 3.00. The number of hydrogen-bond donors (Lipinski definition) is 0. The molecule has 0 unspecified atom stereocenters. The minimum absolute atomic E-state index is 0.163. The van der Waals surface area contributed by atoms with Crippen LogP contribution in [0.15, 0.2) is 18.2 Å². The average Bonchev–Trinajstić information content (AvgIpc) is 2.20. The number of Topliss-reactive ketones (excluding diaryl/α,β-unsaturated/α-hetero) is 1. The average molecular weight is 226 g/mol. The molecule has 0 spiro atoms. The second-order valence-electron chi connectivity index (χ2n) is 3.42. The van der Waals surface area contributed by atoms with E-state index in [1.54, 1.807) is 17.8 Å². The Labute approximate surface area is 94.1 Å². The fourth-order valence-corrected chi connectivity index (χ4v) is 1.84. The lowest BCUT2D eigenvalue weighted by molar-refractivity contribution is -0.116. The first-order chi connectivity index (χ1) is 7.13. The quantitative estimate of drug-likeness (QED) is 0.767. The number of carbonyl (C=O) groups is 1. The minimum atomic E-state index is -0.272. The first kappa shape index (κ1) is 12.2. The van der Waals surface area contributed by atoms with Crippen LogP contribution in [-0.2, 0) is 11.2 Å². The van der Waals surface area contributed by atoms with Crippen LogP contribution in [0.2, 0.25) is 0 Å². The lowest BCUT2D eigenvalue weighted by Gasteiger charge is -2.04. The van der Waals surface area contributed by atoms with Crippen LogP contribution < -0.4 is 0 Å². The largest absolute Gasteiger partial charge is 0.298 e. The Bertz CT molecular complexity index is 349. The number of benzene rings is 1. The molecule has 3 heteroatoms. The summed E-state index contributed by atoms with van der Waals surface area (Å²) in [6.07, 6.45) is 0.344. The second kappa shape index (κ2) is 5.91. The minimum Gasteiger partial charge on any atom is -0.298 e. The molecule has 0 N–H and O–H groups in total. The Kier molecular flexibility index (Phi) is 4.82. The van der Waals surface area contributed by atoms with Crippen LogP contribution >= 0.6 is 11.8 Å². The SMILES string of the molecule is CCSCC(=O)Cc1cc(F)ccc1C. The monoisotopic (exact) mass is 226 g/mol. The maximum atomic E-state index is 12.9. The molecule has 0 saturated carbocycles. The molecule has 0 bridgehead atoms. The van der Waals surface area contributed by atoms with Crippen LogP contribution in [0.5, 0.6) is 0 Å². The summed E-state index contributed by atoms with van der Waals surface area (Å²) in [6.45, 7) is 3.92. The Morgan fingerprint density at radius 2 is 2.20 bits per heavy atom. The highest BCUT2D eigenvalue weighted by atomic mass is 32.2. The molecule has 0 heterocycles. The second-order valence-corrected chi connectivity index (χ2v) is 4.70. The number of carbonyl (C=O) groups excluding carboxylic acids is 1. The smallest absolute Gasteiger partial charge is 0.147 e. The predicted molar refractivity (Wildman–Crippen MR) is 62.8 cm³/mol. The van der Waals surface area contributed by atoms with Crippen molar-refractivity contribution in [1.29, 1.82) is 0 Å². The van der Waals surface area contributed by atoms with Gasteiger partial charge in [-0.25, -0.2) is 4.39 Å². The lowest BCUT2D eigenvalue weighted by Crippen LogP contribution is -2.07. The summed E-state index contributed by atoms with van der Waals surface area (Å²) in [5.74, 6) is 1.35. The summed E-state index contributed by atoms with van der Waals surface area (Å²) in [5.41, 5.74) is 1.78. The van der Waals surface area contributed by atoms with E-state index in [1.807, 2.05) is 13.8 Å². The number of halogens is 1. The van der Waals surface area contributed by atoms with Gasteiger partial charge in [0.15, 0.2) is 0 Å². The number of thioether (sulfide) groups is 1. The van der Waals surface area contributed by atoms with Crippen LogP contribution in [0.4, 0.5) is 4.39 Å². The zero-order valence-corrected chi connectivity index (χ0v) is 9.86. The van der Waals surface area contributed by atoms with Gasteiger partial charge in [-0.05, 0) is 35.9 Å². The fraction of sp³-hybridized carbons (Fsp3) is 0.417. The normalized spacial score (nSPS) is 10.3. The van der Waals surface area contributed by atoms with Crippen LogP contribution in [-0.4, -0.2) is 17.3 Å². The van der Waals surface area contributed by atoms with Gasteiger partial charge in [-0.3, -0.25) is 4.79 Å². The van der Waals surface area contributed by atoms with E-state index >= 15 is 0 Å². The highest BCUT2D eigenvalue weighted by Gasteiger charge is 2.06. The third-order valence-corrected chi connectivity index (χ3v) is 3.10. The van der Waals surface area contributed by atoms with Gasteiger partial charge in [-0.1, -0.05) is 13.0 Å². The van der Waals surface area contributed by atoms with E-state index in [2.05, 4.69) is 0 Å². The van der Waals surface area contributed by atoms with Crippen LogP contribution in [0.25, 0.3) is 0 Å². The molecule has 82 valence electrons. The Morgan fingerprint density at radius 1 is 1.47 bits per heavy atom. The van der Waals surface area contributed by atoms with E-state index in [9.17, 15) is 9.18 Å². The summed E-state index contributed by atoms with van der Waals surface area (Å²) in [7, 11) is 0. The van der Waals surface area contributed by atoms with Gasteiger partial charge in [0.1, 0.15) is 11.6 Å². The molecule has 0 atom stereocenters. The molecule has 0 fully saturated rings. The van der Waals surface area contributed by atoms with Crippen molar-refractivity contribution in [3.8, 4) is 0 Å². The van der Waals surface area contributed by atoms with E-state index < -0.39 is 0 Å². The van der Waals surface area contributed by atoms with Crippen molar-refractivity contribution < 1.29 is 9.18 Å². The molecule has 0 aliphatic carbocycles. The Morgan fingerprint density at radius 3 is 2.87 bits per heavy atom. The molecule has 0 radical (unpaired) electrons. The molecule has 0 aliphatic rings. The van der Waals surface area contributed by atoms with Crippen LogP contribution in [0.3, 0.4) is 0 Å². The van der Waals surface area contributed by atoms with Gasteiger partial charge < -0.3 is 0 Å². The maximum absolute atomic E-state index is 12.9. The van der Waals surface area contributed by atoms with Crippen LogP contribution in [0, 0.1) is 12.7 Å². The van der Waals surface area contributed by atoms with Gasteiger partial charge in [0.25, 0.3) is 0 Å². The van der Waals surface area contributed by atoms with E-state index in [0.717, 1.165) is 16.9 Å². The molecule has 1 rings (SSSR count). The molecule has 0 saturated heterocycles. The van der Waals surface area contributed by atoms with E-state index in [-0.39, 0.29) is 11.6 Å². The number of ketones is 1. The van der Waals surface area contributed by atoms with E-state index in [1.165, 1.54) is 12.1 Å². The van der Waals surface area contributed by atoms with Crippen molar-refractivity contribution in [3.05, 3.63) is 35.1 Å². The number of hydrogen-bond acceptors (Lipinski definition) is 2. The molecule has 1 nitrogen and oxygen atoms in total. The molecule has 1 aromatic carbocycles. The highest BCUT2D eigenvalue weighted by Crippen LogP contribution is 2.12. The molecule has 0 aromatic heterocycles. The van der Waals surface area contributed by atoms with Gasteiger partial charge in [0.2, 0.25) is 0 Å². The molecule has 0 amide bonds. The summed E-state index contributed by atoms with van der Waals surface area (Å²) in [6, 6.07) is 4.58. The van der Waals surface area contributed by atoms with Crippen molar-refractivity contribution >= 4 is 17.5 Å². The fourth-order valence-electron chi connectivity index (χ4n) is 1.31. The third-order valence-electron chi connectivity index (χ3n) is 2.17. The molecular formula is C12H15FOS. The zero-order chi connectivity index (χ0) is 11.3. The standard InChI is InChI=1S/C12H15FOS/c1-3-15-8-12(14)7-10-6-11(13)5-4-9(10)2/h4-6H,3,7-8H2,1-2H3. The Balaban J connectivity index is 2.63. The summed E-state index contributed by atoms with van der Waals surface area (Å²) < 4.78 is 12.9. The zero-order valence-electron chi connectivity index (χ0n) is 9.05. The lowest BCUT2D eigenvalue weighted by atomic mass is 10.0. The van der Waals surface area contributed by atoms with Gasteiger partial charge >= 0.3 is 0 Å². The summed E-state index contributed by atoms with van der Waals surface area (Å²) >= 11 is 1.60. The van der Waals surface area contributed by atoms with Gasteiger partial charge in [-0.15, -0.1) is 0 Å². The highest BCUT2D eigenvalue weighted by molar-refractivity contribution is 7.99. The van der Waals surface area contributed by atoms with Crippen molar-refractivity contribution in [3.63, 3.8) is 0 Å². The van der Waals surface area contributed by atoms with E-state index in [0.29, 0.717) is 12.2 Å². The molecule has 15 heavy (non-hydrogen) atoms. The maximum Gasteiger partial charge on any atom is 0.147 e. The topological polar surface area (TPSA) is 17.1 Å². The third kappa shape index (κ3) is 4.04. The van der Waals surface area contributed by atoms with Crippen molar-refractivity contribution in [2.45, 2.75) is 20.3 Å². The van der Waals surface area contributed by atoms with Gasteiger partial charge in [0.05, 0.1) is 5.75 Å². The van der Waals surface area contributed by atoms with Crippen LogP contribution in [0.1, 0.15) is 18.1 Å². The molecule has 1 aromatic rings. The Hall–Kier alpha value is -0.830. The van der Waals surface area contributed by atoms with E-state index in [4.69, 9.17) is 0 Å². The van der Waals surface area contributed by atoms with Gasteiger partial charge in [0, 0.05) is 6.42 Å². The first-order valence-electron chi connectivity index (χ1n) is 4.98. The number of aryl methyl sites for hydroxylation is 1.